The zero-order valence-electron chi connectivity index (χ0n) is 83.4. The van der Waals surface area contributed by atoms with Crippen molar-refractivity contribution in [1.29, 1.82) is 0 Å². The number of nitrogens with zero attached hydrogens (tertiary/aromatic N) is 1. The van der Waals surface area contributed by atoms with E-state index in [9.17, 15) is 0 Å². The van der Waals surface area contributed by atoms with Gasteiger partial charge in [0, 0.05) is 60.4 Å². The summed E-state index contributed by atoms with van der Waals surface area (Å²) in [7, 11) is 0. The molecule has 0 unspecified atom stereocenters. The third kappa shape index (κ3) is 14.6. The van der Waals surface area contributed by atoms with E-state index in [4.69, 9.17) is 8.83 Å². The Kier molecular flexibility index (Phi) is 23.5. The Hall–Kier alpha value is -13.9. The van der Waals surface area contributed by atoms with Crippen molar-refractivity contribution in [2.45, 2.75) is 230 Å². The van der Waals surface area contributed by atoms with Crippen molar-refractivity contribution in [3.63, 3.8) is 0 Å². The summed E-state index contributed by atoms with van der Waals surface area (Å²) in [5.74, 6) is 0. The number of aryl methyl sites for hydroxylation is 1. The number of hydrogen-bond acceptors (Lipinski definition) is 3. The topological polar surface area (TPSA) is 29.5 Å². The molecule has 3 heteroatoms. The second-order valence-electron chi connectivity index (χ2n) is 42.5. The zero-order valence-corrected chi connectivity index (χ0v) is 83.4. The van der Waals surface area contributed by atoms with E-state index in [0.29, 0.717) is 0 Å². The number of furan rings is 2. The Balaban J connectivity index is 0.636. The lowest BCUT2D eigenvalue weighted by atomic mass is 9.66. The first-order valence-electron chi connectivity index (χ1n) is 53.6. The molecule has 0 saturated heterocycles. The normalized spacial score (nSPS) is 14.6. The van der Waals surface area contributed by atoms with Crippen molar-refractivity contribution in [3.05, 3.63) is 447 Å². The van der Waals surface area contributed by atoms with Crippen molar-refractivity contribution in [2.75, 3.05) is 4.90 Å². The van der Waals surface area contributed by atoms with Crippen LogP contribution >= 0.6 is 0 Å². The van der Waals surface area contributed by atoms with Gasteiger partial charge < -0.3 is 13.7 Å². The Morgan fingerprint density at radius 1 is 0.227 bits per heavy atom. The van der Waals surface area contributed by atoms with E-state index in [-0.39, 0.29) is 16.2 Å². The lowest BCUT2D eigenvalue weighted by molar-refractivity contribution is 0.399. The predicted octanol–water partition coefficient (Wildman–Crippen LogP) is 39.3. The standard InChI is InChI=1S/C138H129NO2/c1-8-12-16-20-42-80-135(81-43-21-17-13-9-2)116-57-39-36-54-105(116)108-75-68-97(86-120(108)135)96-67-74-107-106-73-66-95(84-118(106)134(6,7)119(107)85-96)93-62-64-94(65-63-93)113-89-125-129(132-112-56-38-41-59-127(112)141-133(113)132)110-77-72-103(87-121(110)136(125,82-44-22-18-14-10-3)83-45-23-19-15-11-4)139(102-69-60-92(5)61-70-102)104-71-76-109-114-90-124-115(91-123(114)138(122(109)88-104,100-50-32-26-33-51-100)101-52-34-27-35-53-101)130-117(78-79-128-131(130)111-55-37-40-58-126(111)140-128)137(124,98-46-28-24-29-47-98)99-48-30-25-31-49-99/h24-41,46-79,84-91H,8-23,42-45,80-83H2,1-7H3. The number of unbranched alkanes of at least 4 members (excludes halogenated alkanes) is 16. The Morgan fingerprint density at radius 3 is 1.14 bits per heavy atom. The lowest BCUT2D eigenvalue weighted by Crippen LogP contribution is -2.30. The third-order valence-corrected chi connectivity index (χ3v) is 34.1. The number of hydrogen-bond donors (Lipinski definition) is 0. The van der Waals surface area contributed by atoms with Gasteiger partial charge in [0.15, 0.2) is 0 Å². The highest BCUT2D eigenvalue weighted by molar-refractivity contribution is 6.20. The maximum atomic E-state index is 7.48. The molecule has 0 fully saturated rings. The van der Waals surface area contributed by atoms with Gasteiger partial charge >= 0.3 is 0 Å². The van der Waals surface area contributed by atoms with Gasteiger partial charge in [-0.15, -0.1) is 0 Å². The first-order chi connectivity index (χ1) is 69.4. The minimum atomic E-state index is -0.790. The monoisotopic (exact) mass is 1830 g/mol. The summed E-state index contributed by atoms with van der Waals surface area (Å²) in [5, 5.41) is 4.67. The van der Waals surface area contributed by atoms with Crippen molar-refractivity contribution < 1.29 is 8.83 Å². The highest BCUT2D eigenvalue weighted by atomic mass is 16.3. The molecule has 17 aromatic carbocycles. The van der Waals surface area contributed by atoms with Crippen LogP contribution in [0.4, 0.5) is 17.1 Å². The molecule has 0 aliphatic heterocycles. The average Bonchev–Trinajstić information content (AvgIpc) is 1.50. The minimum Gasteiger partial charge on any atom is -0.456 e. The van der Waals surface area contributed by atoms with Gasteiger partial charge in [-0.1, -0.05) is 449 Å². The fourth-order valence-corrected chi connectivity index (χ4v) is 27.3. The molecule has 0 bridgehead atoms. The van der Waals surface area contributed by atoms with Crippen LogP contribution in [0.15, 0.2) is 373 Å². The van der Waals surface area contributed by atoms with E-state index in [1.807, 2.05) is 0 Å². The van der Waals surface area contributed by atoms with E-state index in [2.05, 4.69) is 417 Å². The number of benzene rings is 17. The molecule has 0 atom stereocenters. The summed E-state index contributed by atoms with van der Waals surface area (Å²) in [4.78, 5) is 2.61. The molecule has 698 valence electrons. The highest BCUT2D eigenvalue weighted by Crippen LogP contribution is 2.67. The third-order valence-electron chi connectivity index (χ3n) is 34.1. The van der Waals surface area contributed by atoms with Crippen LogP contribution in [0.5, 0.6) is 0 Å². The summed E-state index contributed by atoms with van der Waals surface area (Å²) >= 11 is 0. The van der Waals surface area contributed by atoms with Gasteiger partial charge in [-0.25, -0.2) is 0 Å². The molecule has 24 rings (SSSR count). The van der Waals surface area contributed by atoms with Gasteiger partial charge in [0.05, 0.1) is 10.8 Å². The van der Waals surface area contributed by atoms with Crippen molar-refractivity contribution >= 4 is 60.9 Å². The van der Waals surface area contributed by atoms with E-state index < -0.39 is 10.8 Å². The summed E-state index contributed by atoms with van der Waals surface area (Å²) in [6, 6.07) is 142. The van der Waals surface area contributed by atoms with Crippen LogP contribution in [0.1, 0.15) is 279 Å². The Labute approximate surface area is 834 Å². The molecule has 0 spiro atoms. The van der Waals surface area contributed by atoms with Gasteiger partial charge in [-0.3, -0.25) is 0 Å². The fourth-order valence-electron chi connectivity index (χ4n) is 27.3. The second-order valence-corrected chi connectivity index (χ2v) is 42.5. The molecule has 0 N–H and O–H groups in total. The summed E-state index contributed by atoms with van der Waals surface area (Å²) in [5.41, 5.74) is 45.6. The number of fused-ring (bicyclic) bond motifs is 23. The first kappa shape index (κ1) is 89.7. The second kappa shape index (κ2) is 37.0. The molecule has 0 amide bonds. The lowest BCUT2D eigenvalue weighted by Gasteiger charge is -2.36. The van der Waals surface area contributed by atoms with Crippen LogP contribution in [0.25, 0.3) is 133 Å². The van der Waals surface area contributed by atoms with Gasteiger partial charge in [0.1, 0.15) is 22.3 Å². The van der Waals surface area contributed by atoms with E-state index in [1.165, 1.54) is 295 Å². The molecule has 5 aliphatic rings. The molecule has 0 saturated carbocycles. The number of rotatable bonds is 34. The van der Waals surface area contributed by atoms with Gasteiger partial charge in [-0.05, 0) is 285 Å². The number of para-hydroxylation sites is 2. The fraction of sp³-hybridized carbons (Fsp3) is 0.261. The van der Waals surface area contributed by atoms with Crippen LogP contribution in [0.2, 0.25) is 0 Å². The molecule has 3 nitrogen and oxygen atoms in total. The Bertz CT molecular complexity index is 7830. The van der Waals surface area contributed by atoms with Gasteiger partial charge in [0.25, 0.3) is 0 Å². The molecule has 141 heavy (non-hydrogen) atoms. The quantitative estimate of drug-likeness (QED) is 0.0377. The molecule has 0 radical (unpaired) electrons. The summed E-state index contributed by atoms with van der Waals surface area (Å²) in [6.07, 6.45) is 29.5. The van der Waals surface area contributed by atoms with Crippen molar-refractivity contribution in [2.24, 2.45) is 0 Å². The molecule has 19 aromatic rings. The van der Waals surface area contributed by atoms with E-state index in [1.54, 1.807) is 11.1 Å². The van der Waals surface area contributed by atoms with Crippen LogP contribution < -0.4 is 4.90 Å². The SMILES string of the molecule is CCCCCCCC1(CCCCCCC)c2ccccc2-c2ccc(-c3ccc4c(c3)C(C)(C)c3cc(-c5ccc(-c6cc7c(c8c6oc6ccccc68)-c6ccc(N(c8ccc(C)cc8)c8ccc9c(c8)C(c8ccccc8)(c8ccccc8)c8cc%10c(cc8-9)C(c8ccccc8)(c8ccccc8)c8ccc9oc%11ccccc%11c9c8-%10)cc6C7(CCCCCCC)CCCCCCC)cc5)ccc3-4)cc21. The molecule has 5 aliphatic carbocycles. The highest BCUT2D eigenvalue weighted by Gasteiger charge is 2.54. The largest absolute Gasteiger partial charge is 0.456 e. The zero-order chi connectivity index (χ0) is 95.1. The summed E-state index contributed by atoms with van der Waals surface area (Å²) < 4.78 is 14.4. The first-order valence-corrected chi connectivity index (χ1v) is 53.6. The smallest absolute Gasteiger partial charge is 0.143 e. The summed E-state index contributed by atoms with van der Waals surface area (Å²) in [6.45, 7) is 16.6. The molecule has 2 heterocycles. The Morgan fingerprint density at radius 2 is 0.596 bits per heavy atom. The minimum absolute atomic E-state index is 0.0286. The van der Waals surface area contributed by atoms with Gasteiger partial charge in [0.2, 0.25) is 0 Å². The molecular formula is C138H129NO2. The maximum absolute atomic E-state index is 7.48. The van der Waals surface area contributed by atoms with Crippen LogP contribution in [-0.4, -0.2) is 0 Å². The van der Waals surface area contributed by atoms with E-state index in [0.717, 1.165) is 81.4 Å². The van der Waals surface area contributed by atoms with E-state index >= 15 is 0 Å². The predicted molar refractivity (Wildman–Crippen MR) is 595 cm³/mol. The van der Waals surface area contributed by atoms with Crippen LogP contribution in [-0.2, 0) is 27.1 Å². The molecular weight excluding hydrogens is 1700 g/mol. The van der Waals surface area contributed by atoms with Gasteiger partial charge in [-0.2, -0.15) is 0 Å². The van der Waals surface area contributed by atoms with Crippen molar-refractivity contribution in [1.82, 2.24) is 0 Å². The average molecular weight is 1830 g/mol. The number of anilines is 3. The van der Waals surface area contributed by atoms with Crippen LogP contribution in [0.3, 0.4) is 0 Å². The van der Waals surface area contributed by atoms with Crippen LogP contribution in [0, 0.1) is 6.92 Å². The van der Waals surface area contributed by atoms with Crippen molar-refractivity contribution in [3.8, 4) is 89.0 Å². The maximum Gasteiger partial charge on any atom is 0.143 e. The molecule has 2 aromatic heterocycles.